The van der Waals surface area contributed by atoms with Crippen LogP contribution in [0.3, 0.4) is 0 Å². The van der Waals surface area contributed by atoms with Gasteiger partial charge in [-0.3, -0.25) is 14.4 Å². The van der Waals surface area contributed by atoms with Gasteiger partial charge < -0.3 is 9.47 Å². The molecule has 0 amide bonds. The lowest BCUT2D eigenvalue weighted by molar-refractivity contribution is -0.171. The minimum atomic E-state index is -1.64. The predicted octanol–water partition coefficient (Wildman–Crippen LogP) is 2.98. The Bertz CT molecular complexity index is 663. The van der Waals surface area contributed by atoms with Crippen molar-refractivity contribution >= 4 is 17.7 Å². The monoisotopic (exact) mass is 358 g/mol. The highest BCUT2D eigenvalue weighted by molar-refractivity contribution is 6.01. The fourth-order valence-electron chi connectivity index (χ4n) is 2.88. The van der Waals surface area contributed by atoms with Crippen molar-refractivity contribution < 1.29 is 23.9 Å². The Morgan fingerprint density at radius 3 is 2.12 bits per heavy atom. The number of ketones is 1. The van der Waals surface area contributed by atoms with Gasteiger partial charge in [-0.25, -0.2) is 0 Å². The van der Waals surface area contributed by atoms with Crippen LogP contribution in [0.25, 0.3) is 0 Å². The van der Waals surface area contributed by atoms with E-state index < -0.39 is 17.4 Å². The number of Topliss-reactive ketones (excluding diaryl/α,β-unsaturated/α-hetero) is 1. The van der Waals surface area contributed by atoms with E-state index in [1.165, 1.54) is 6.92 Å². The van der Waals surface area contributed by atoms with Gasteiger partial charge in [0.2, 0.25) is 0 Å². The van der Waals surface area contributed by atoms with Gasteiger partial charge >= 0.3 is 11.9 Å². The number of hydrogen-bond donors (Lipinski definition) is 0. The summed E-state index contributed by atoms with van der Waals surface area (Å²) in [4.78, 5) is 36.7. The third-order valence-electron chi connectivity index (χ3n) is 4.26. The quantitative estimate of drug-likeness (QED) is 0.397. The molecule has 0 fully saturated rings. The molecule has 0 spiro atoms. The van der Waals surface area contributed by atoms with Crippen molar-refractivity contribution in [2.75, 3.05) is 13.2 Å². The minimum Gasteiger partial charge on any atom is -0.465 e. The Morgan fingerprint density at radius 1 is 1.04 bits per heavy atom. The van der Waals surface area contributed by atoms with Gasteiger partial charge in [-0.1, -0.05) is 11.8 Å². The molecule has 0 N–H and O–H groups in total. The van der Waals surface area contributed by atoms with E-state index in [-0.39, 0.29) is 31.8 Å². The molecule has 5 heteroatoms. The van der Waals surface area contributed by atoms with E-state index in [1.807, 2.05) is 0 Å². The fourth-order valence-corrected chi connectivity index (χ4v) is 2.88. The molecule has 5 nitrogen and oxygen atoms in total. The maximum Gasteiger partial charge on any atom is 0.325 e. The number of esters is 2. The minimum absolute atomic E-state index is 0.0136. The molecule has 0 saturated heterocycles. The van der Waals surface area contributed by atoms with Crippen LogP contribution >= 0.6 is 0 Å². The molecule has 0 aromatic rings. The summed E-state index contributed by atoms with van der Waals surface area (Å²) in [5.41, 5.74) is -0.121. The Hall–Kier alpha value is -2.53. The number of carbonyl (C=O) groups excluding carboxylic acids is 3. The topological polar surface area (TPSA) is 69.7 Å². The highest BCUT2D eigenvalue weighted by atomic mass is 16.6. The second kappa shape index (κ2) is 10.5. The average molecular weight is 358 g/mol. The molecular formula is C21H26O5. The van der Waals surface area contributed by atoms with E-state index in [2.05, 4.69) is 17.8 Å². The molecule has 26 heavy (non-hydrogen) atoms. The SMILES string of the molecule is C#CCC(CC#CC1=C(C(C)=O)CCCC1)(C(=O)OCC)C(=O)OCC. The van der Waals surface area contributed by atoms with E-state index >= 15 is 0 Å². The summed E-state index contributed by atoms with van der Waals surface area (Å²) in [6, 6.07) is 0. The molecular weight excluding hydrogens is 332 g/mol. The van der Waals surface area contributed by atoms with Crippen LogP contribution in [0.1, 0.15) is 59.3 Å². The first-order valence-electron chi connectivity index (χ1n) is 8.92. The van der Waals surface area contributed by atoms with Crippen molar-refractivity contribution in [2.24, 2.45) is 5.41 Å². The number of rotatable bonds is 7. The van der Waals surface area contributed by atoms with Gasteiger partial charge in [0.15, 0.2) is 11.2 Å². The van der Waals surface area contributed by atoms with Crippen LogP contribution in [0.2, 0.25) is 0 Å². The van der Waals surface area contributed by atoms with Crippen LogP contribution in [0.5, 0.6) is 0 Å². The predicted molar refractivity (Wildman–Crippen MR) is 97.7 cm³/mol. The van der Waals surface area contributed by atoms with Crippen molar-refractivity contribution in [1.82, 2.24) is 0 Å². The maximum atomic E-state index is 12.5. The molecule has 0 unspecified atom stereocenters. The van der Waals surface area contributed by atoms with Gasteiger partial charge in [0.1, 0.15) is 0 Å². The number of ether oxygens (including phenoxy) is 2. The molecule has 0 atom stereocenters. The third kappa shape index (κ3) is 5.23. The molecule has 0 aliphatic heterocycles. The van der Waals surface area contributed by atoms with Gasteiger partial charge in [0.05, 0.1) is 13.2 Å². The van der Waals surface area contributed by atoms with Crippen LogP contribution in [0, 0.1) is 29.6 Å². The molecule has 1 rings (SSSR count). The molecule has 140 valence electrons. The summed E-state index contributed by atoms with van der Waals surface area (Å²) in [6.07, 6.45) is 8.50. The van der Waals surface area contributed by atoms with E-state index in [4.69, 9.17) is 15.9 Å². The zero-order valence-electron chi connectivity index (χ0n) is 15.8. The third-order valence-corrected chi connectivity index (χ3v) is 4.26. The van der Waals surface area contributed by atoms with E-state index in [0.717, 1.165) is 30.4 Å². The lowest BCUT2D eigenvalue weighted by Crippen LogP contribution is -2.41. The standard InChI is InChI=1S/C21H26O5/c1-5-14-21(19(23)25-6-2,20(24)26-7-3)15-10-12-17-11-8-9-13-18(17)16(4)22/h1H,6-9,11,13-15H2,2-4H3. The Morgan fingerprint density at radius 2 is 1.62 bits per heavy atom. The van der Waals surface area contributed by atoms with Crippen molar-refractivity contribution in [1.29, 1.82) is 0 Å². The number of hydrogen-bond acceptors (Lipinski definition) is 5. The number of carbonyl (C=O) groups is 3. The summed E-state index contributed by atoms with van der Waals surface area (Å²) in [5.74, 6) is 6.80. The van der Waals surface area contributed by atoms with Crippen LogP contribution in [-0.2, 0) is 23.9 Å². The smallest absolute Gasteiger partial charge is 0.325 e. The van der Waals surface area contributed by atoms with Gasteiger partial charge in [-0.05, 0) is 46.5 Å². The van der Waals surface area contributed by atoms with Gasteiger partial charge in [0.25, 0.3) is 0 Å². The fraction of sp³-hybridized carbons (Fsp3) is 0.571. The van der Waals surface area contributed by atoms with Gasteiger partial charge in [-0.2, -0.15) is 0 Å². The Kier molecular flexibility index (Phi) is 8.65. The summed E-state index contributed by atoms with van der Waals surface area (Å²) < 4.78 is 10.1. The van der Waals surface area contributed by atoms with Gasteiger partial charge in [-0.15, -0.1) is 12.3 Å². The first-order chi connectivity index (χ1) is 12.4. The van der Waals surface area contributed by atoms with Crippen molar-refractivity contribution in [3.05, 3.63) is 11.1 Å². The number of allylic oxidation sites excluding steroid dienone is 2. The second-order valence-corrected chi connectivity index (χ2v) is 6.10. The molecule has 0 bridgehead atoms. The zero-order valence-corrected chi connectivity index (χ0v) is 15.8. The highest BCUT2D eigenvalue weighted by Crippen LogP contribution is 2.31. The maximum absolute atomic E-state index is 12.5. The molecule has 0 aromatic heterocycles. The molecule has 0 saturated carbocycles. The average Bonchev–Trinajstić information content (AvgIpc) is 2.61. The molecule has 0 radical (unpaired) electrons. The summed E-state index contributed by atoms with van der Waals surface area (Å²) in [7, 11) is 0. The van der Waals surface area contributed by atoms with Crippen LogP contribution in [-0.4, -0.2) is 30.9 Å². The normalized spacial score (nSPS) is 13.9. The van der Waals surface area contributed by atoms with Gasteiger partial charge in [0, 0.05) is 24.0 Å². The van der Waals surface area contributed by atoms with Crippen LogP contribution in [0.4, 0.5) is 0 Å². The summed E-state index contributed by atoms with van der Waals surface area (Å²) >= 11 is 0. The second-order valence-electron chi connectivity index (χ2n) is 6.10. The summed E-state index contributed by atoms with van der Waals surface area (Å²) in [6.45, 7) is 5.08. The zero-order chi connectivity index (χ0) is 19.6. The largest absolute Gasteiger partial charge is 0.465 e. The molecule has 0 aromatic carbocycles. The number of terminal acetylenes is 1. The molecule has 0 heterocycles. The van der Waals surface area contributed by atoms with Crippen molar-refractivity contribution in [3.63, 3.8) is 0 Å². The van der Waals surface area contributed by atoms with Crippen molar-refractivity contribution in [2.45, 2.75) is 59.3 Å². The van der Waals surface area contributed by atoms with Crippen molar-refractivity contribution in [3.8, 4) is 24.2 Å². The summed E-state index contributed by atoms with van der Waals surface area (Å²) in [5, 5.41) is 0. The Labute approximate surface area is 155 Å². The molecule has 1 aliphatic carbocycles. The highest BCUT2D eigenvalue weighted by Gasteiger charge is 2.48. The van der Waals surface area contributed by atoms with Crippen LogP contribution < -0.4 is 0 Å². The lowest BCUT2D eigenvalue weighted by atomic mass is 9.81. The van der Waals surface area contributed by atoms with Crippen LogP contribution in [0.15, 0.2) is 11.1 Å². The first kappa shape index (κ1) is 21.5. The van der Waals surface area contributed by atoms with E-state index in [9.17, 15) is 14.4 Å². The first-order valence-corrected chi connectivity index (χ1v) is 8.92. The molecule has 1 aliphatic rings. The Balaban J connectivity index is 3.21. The van der Waals surface area contributed by atoms with E-state index in [0.29, 0.717) is 6.42 Å². The van der Waals surface area contributed by atoms with E-state index in [1.54, 1.807) is 13.8 Å². The lowest BCUT2D eigenvalue weighted by Gasteiger charge is -2.25.